The number of ether oxygens (including phenoxy) is 1. The lowest BCUT2D eigenvalue weighted by Gasteiger charge is -2.17. The molecular weight excluding hydrogens is 608 g/mol. The van der Waals surface area contributed by atoms with E-state index >= 15 is 0 Å². The standard InChI is InChI=1S/C31H32N10O4S/c1-17-10-21(13-22(11-17)31(42)34-15-20-6-7-24(25(12-20)45-4)40-46(5,43)44)26-27-18(2)8-9-41(27)39-29(38-26)19(3)37-30-23(14-32)28(33)35-16-36-30/h6-13,16,19,40H,15H2,1-5H3,(H,34,42)(H3,33,35,36,37)/t19-/m0/s1. The van der Waals surface area contributed by atoms with Crippen molar-refractivity contribution in [3.8, 4) is 23.1 Å². The summed E-state index contributed by atoms with van der Waals surface area (Å²) in [5.41, 5.74) is 11.4. The molecular formula is C31H32N10O4S. The first-order valence-corrected chi connectivity index (χ1v) is 15.9. The average molecular weight is 641 g/mol. The quantitative estimate of drug-likeness (QED) is 0.173. The molecule has 5 aromatic rings. The van der Waals surface area contributed by atoms with Crippen molar-refractivity contribution >= 4 is 38.8 Å². The van der Waals surface area contributed by atoms with E-state index in [-0.39, 0.29) is 29.7 Å². The molecule has 0 saturated heterocycles. The van der Waals surface area contributed by atoms with Crippen LogP contribution < -0.4 is 25.8 Å². The molecule has 1 amide bonds. The van der Waals surface area contributed by atoms with Crippen molar-refractivity contribution in [2.24, 2.45) is 0 Å². The van der Waals surface area contributed by atoms with E-state index in [1.54, 1.807) is 34.8 Å². The van der Waals surface area contributed by atoms with Crippen molar-refractivity contribution in [3.05, 3.63) is 88.6 Å². The van der Waals surface area contributed by atoms with Crippen molar-refractivity contribution in [2.45, 2.75) is 33.4 Å². The lowest BCUT2D eigenvalue weighted by atomic mass is 10.0. The minimum absolute atomic E-state index is 0.0657. The molecule has 15 heteroatoms. The molecule has 1 atom stereocenters. The normalized spacial score (nSPS) is 11.9. The number of nitrogens with zero attached hydrogens (tertiary/aromatic N) is 6. The second-order valence-electron chi connectivity index (χ2n) is 10.8. The number of benzene rings is 2. The Morgan fingerprint density at radius 2 is 1.93 bits per heavy atom. The molecule has 0 bridgehead atoms. The van der Waals surface area contributed by atoms with Crippen LogP contribution in [0.3, 0.4) is 0 Å². The minimum atomic E-state index is -3.49. The Hall–Kier alpha value is -5.75. The zero-order valence-corrected chi connectivity index (χ0v) is 26.6. The highest BCUT2D eigenvalue weighted by molar-refractivity contribution is 7.92. The molecule has 0 fully saturated rings. The number of aryl methyl sites for hydroxylation is 2. The van der Waals surface area contributed by atoms with Crippen LogP contribution in [0.1, 0.15) is 51.4 Å². The molecule has 0 aliphatic rings. The van der Waals surface area contributed by atoms with Gasteiger partial charge in [0.15, 0.2) is 5.82 Å². The van der Waals surface area contributed by atoms with E-state index in [0.29, 0.717) is 28.5 Å². The van der Waals surface area contributed by atoms with Gasteiger partial charge in [0.05, 0.1) is 36.3 Å². The third-order valence-electron chi connectivity index (χ3n) is 7.09. The maximum atomic E-state index is 13.4. The Bertz CT molecular complexity index is 2120. The molecule has 0 unspecified atom stereocenters. The summed E-state index contributed by atoms with van der Waals surface area (Å²) in [5.74, 6) is 0.784. The number of methoxy groups -OCH3 is 1. The van der Waals surface area contributed by atoms with Crippen LogP contribution in [0, 0.1) is 25.2 Å². The summed E-state index contributed by atoms with van der Waals surface area (Å²) in [4.78, 5) is 26.3. The first kappa shape index (κ1) is 31.7. The van der Waals surface area contributed by atoms with Gasteiger partial charge in [-0.15, -0.1) is 0 Å². The number of carbonyl (C=O) groups is 1. The number of hydrogen-bond acceptors (Lipinski definition) is 11. The van der Waals surface area contributed by atoms with Crippen LogP contribution in [0.25, 0.3) is 16.8 Å². The van der Waals surface area contributed by atoms with Gasteiger partial charge in [0, 0.05) is 23.9 Å². The first-order valence-electron chi connectivity index (χ1n) is 14.0. The van der Waals surface area contributed by atoms with Crippen LogP contribution in [0.2, 0.25) is 0 Å². The molecule has 2 aromatic carbocycles. The highest BCUT2D eigenvalue weighted by Crippen LogP contribution is 2.30. The van der Waals surface area contributed by atoms with Crippen LogP contribution in [-0.2, 0) is 16.6 Å². The number of nitrogen functional groups attached to an aromatic ring is 1. The maximum absolute atomic E-state index is 13.4. The zero-order chi connectivity index (χ0) is 33.2. The highest BCUT2D eigenvalue weighted by atomic mass is 32.2. The Morgan fingerprint density at radius 1 is 1.15 bits per heavy atom. The van der Waals surface area contributed by atoms with Gasteiger partial charge in [-0.1, -0.05) is 6.07 Å². The Kier molecular flexibility index (Phi) is 8.74. The van der Waals surface area contributed by atoms with Gasteiger partial charge >= 0.3 is 0 Å². The van der Waals surface area contributed by atoms with Gasteiger partial charge < -0.3 is 21.1 Å². The summed E-state index contributed by atoms with van der Waals surface area (Å²) in [6, 6.07) is 13.9. The summed E-state index contributed by atoms with van der Waals surface area (Å²) in [6.45, 7) is 5.88. The third-order valence-corrected chi connectivity index (χ3v) is 7.68. The monoisotopic (exact) mass is 640 g/mol. The van der Waals surface area contributed by atoms with Gasteiger partial charge in [-0.05, 0) is 73.9 Å². The fraction of sp³-hybridized carbons (Fsp3) is 0.226. The SMILES string of the molecule is COc1cc(CNC(=O)c2cc(C)cc(-c3nc([C@H](C)Nc4ncnc(N)c4C#N)nn4ccc(C)c34)c2)ccc1NS(C)(=O)=O. The van der Waals surface area contributed by atoms with Gasteiger partial charge in [0.2, 0.25) is 10.0 Å². The van der Waals surface area contributed by atoms with E-state index in [2.05, 4.69) is 25.3 Å². The van der Waals surface area contributed by atoms with Crippen molar-refractivity contribution in [1.82, 2.24) is 29.9 Å². The number of nitriles is 1. The molecule has 14 nitrogen and oxygen atoms in total. The number of hydrogen-bond donors (Lipinski definition) is 4. The molecule has 236 valence electrons. The highest BCUT2D eigenvalue weighted by Gasteiger charge is 2.20. The summed E-state index contributed by atoms with van der Waals surface area (Å²) in [7, 11) is -2.05. The number of nitrogens with one attached hydrogen (secondary N) is 3. The number of nitrogens with two attached hydrogens (primary N) is 1. The lowest BCUT2D eigenvalue weighted by molar-refractivity contribution is 0.0950. The lowest BCUT2D eigenvalue weighted by Crippen LogP contribution is -2.23. The molecule has 0 aliphatic carbocycles. The molecule has 0 spiro atoms. The van der Waals surface area contributed by atoms with E-state index in [4.69, 9.17) is 20.6 Å². The Balaban J connectivity index is 1.44. The second-order valence-corrected chi connectivity index (χ2v) is 12.5. The largest absolute Gasteiger partial charge is 0.495 e. The zero-order valence-electron chi connectivity index (χ0n) is 25.8. The number of aromatic nitrogens is 5. The van der Waals surface area contributed by atoms with Crippen LogP contribution in [0.15, 0.2) is 55.0 Å². The Morgan fingerprint density at radius 3 is 2.65 bits per heavy atom. The number of amides is 1. The molecule has 0 radical (unpaired) electrons. The topological polar surface area (TPSA) is 202 Å². The van der Waals surface area contributed by atoms with Crippen LogP contribution >= 0.6 is 0 Å². The van der Waals surface area contributed by atoms with Gasteiger partial charge in [0.1, 0.15) is 35.3 Å². The maximum Gasteiger partial charge on any atom is 0.251 e. The summed E-state index contributed by atoms with van der Waals surface area (Å²) in [5, 5.41) is 20.3. The van der Waals surface area contributed by atoms with E-state index in [9.17, 15) is 18.5 Å². The number of sulfonamides is 1. The van der Waals surface area contributed by atoms with Crippen molar-refractivity contribution in [2.75, 3.05) is 29.1 Å². The molecule has 3 aromatic heterocycles. The molecule has 0 aliphatic heterocycles. The van der Waals surface area contributed by atoms with Crippen LogP contribution in [0.4, 0.5) is 17.3 Å². The fourth-order valence-corrected chi connectivity index (χ4v) is 5.50. The van der Waals surface area contributed by atoms with Gasteiger partial charge in [-0.3, -0.25) is 9.52 Å². The predicted octanol–water partition coefficient (Wildman–Crippen LogP) is 3.74. The number of carbonyl (C=O) groups excluding carboxylic acids is 1. The van der Waals surface area contributed by atoms with Gasteiger partial charge in [-0.2, -0.15) is 10.4 Å². The van der Waals surface area contributed by atoms with E-state index in [1.807, 2.05) is 45.2 Å². The molecule has 5 N–H and O–H groups in total. The molecule has 3 heterocycles. The summed E-state index contributed by atoms with van der Waals surface area (Å²) >= 11 is 0. The molecule has 46 heavy (non-hydrogen) atoms. The van der Waals surface area contributed by atoms with Crippen molar-refractivity contribution in [3.63, 3.8) is 0 Å². The van der Waals surface area contributed by atoms with Gasteiger partial charge in [0.25, 0.3) is 5.91 Å². The molecule has 5 rings (SSSR count). The molecule has 0 saturated carbocycles. The first-order chi connectivity index (χ1) is 21.9. The van der Waals surface area contributed by atoms with Crippen molar-refractivity contribution < 1.29 is 17.9 Å². The number of fused-ring (bicyclic) bond motifs is 1. The van der Waals surface area contributed by atoms with E-state index < -0.39 is 16.1 Å². The smallest absolute Gasteiger partial charge is 0.251 e. The number of rotatable bonds is 10. The minimum Gasteiger partial charge on any atom is -0.495 e. The van der Waals surface area contributed by atoms with E-state index in [0.717, 1.165) is 34.0 Å². The fourth-order valence-electron chi connectivity index (χ4n) is 4.93. The van der Waals surface area contributed by atoms with Crippen molar-refractivity contribution in [1.29, 1.82) is 5.26 Å². The van der Waals surface area contributed by atoms with Crippen LogP contribution in [0.5, 0.6) is 5.75 Å². The second kappa shape index (κ2) is 12.7. The summed E-state index contributed by atoms with van der Waals surface area (Å²) in [6.07, 6.45) is 4.17. The predicted molar refractivity (Wildman–Crippen MR) is 174 cm³/mol. The van der Waals surface area contributed by atoms with Crippen LogP contribution in [-0.4, -0.2) is 52.3 Å². The van der Waals surface area contributed by atoms with Gasteiger partial charge in [-0.25, -0.2) is 27.9 Å². The average Bonchev–Trinajstić information content (AvgIpc) is 3.39. The third kappa shape index (κ3) is 6.81. The van der Waals surface area contributed by atoms with E-state index in [1.165, 1.54) is 13.4 Å². The Labute approximate surface area is 265 Å². The number of anilines is 3. The summed E-state index contributed by atoms with van der Waals surface area (Å²) < 4.78 is 32.8.